The Morgan fingerprint density at radius 3 is 2.22 bits per heavy atom. The highest BCUT2D eigenvalue weighted by Gasteiger charge is 2.46. The molecule has 0 amide bonds. The van der Waals surface area contributed by atoms with E-state index < -0.39 is 20.2 Å². The highest BCUT2D eigenvalue weighted by atomic mass is 32.2. The molecule has 1 aromatic rings. The third-order valence-electron chi connectivity index (χ3n) is 2.07. The summed E-state index contributed by atoms with van der Waals surface area (Å²) in [5.74, 6) is 2.39. The van der Waals surface area contributed by atoms with Gasteiger partial charge in [0.15, 0.2) is 0 Å². The molecule has 18 heavy (non-hydrogen) atoms. The maximum atomic E-state index is 12.2. The van der Waals surface area contributed by atoms with Crippen LogP contribution >= 0.6 is 0 Å². The molecule has 0 bridgehead atoms. The van der Waals surface area contributed by atoms with E-state index in [0.717, 1.165) is 12.1 Å². The van der Waals surface area contributed by atoms with Gasteiger partial charge in [0.05, 0.1) is 4.90 Å². The first-order valence-electron chi connectivity index (χ1n) is 4.88. The van der Waals surface area contributed by atoms with Gasteiger partial charge in [-0.15, -0.1) is 12.3 Å². The van der Waals surface area contributed by atoms with Gasteiger partial charge in [-0.1, -0.05) is 0 Å². The van der Waals surface area contributed by atoms with E-state index in [-0.39, 0.29) is 0 Å². The molecular weight excluding hydrogens is 267 g/mol. The summed E-state index contributed by atoms with van der Waals surface area (Å²) in [6.07, 6.45) is 5.49. The Morgan fingerprint density at radius 1 is 1.22 bits per heavy atom. The molecule has 7 heteroatoms. The van der Waals surface area contributed by atoms with Crippen LogP contribution in [0.3, 0.4) is 0 Å². The summed E-state index contributed by atoms with van der Waals surface area (Å²) < 4.78 is 58.8. The van der Waals surface area contributed by atoms with E-state index >= 15 is 0 Å². The number of nitrogens with one attached hydrogen (secondary N) is 1. The third-order valence-corrected chi connectivity index (χ3v) is 3.57. The van der Waals surface area contributed by atoms with Crippen molar-refractivity contribution in [1.82, 2.24) is 0 Å². The van der Waals surface area contributed by atoms with Crippen molar-refractivity contribution in [3.8, 4) is 12.3 Å². The molecule has 0 unspecified atom stereocenters. The SMILES string of the molecule is C#CCCNc1ccc(S(=O)(=O)C(F)(F)F)cc1. The predicted molar refractivity (Wildman–Crippen MR) is 61.6 cm³/mol. The summed E-state index contributed by atoms with van der Waals surface area (Å²) in [5, 5.41) is 2.84. The average molecular weight is 277 g/mol. The first kappa shape index (κ1) is 14.4. The number of sulfone groups is 1. The van der Waals surface area contributed by atoms with Crippen LogP contribution in [0.4, 0.5) is 18.9 Å². The summed E-state index contributed by atoms with van der Waals surface area (Å²) in [4.78, 5) is -0.780. The quantitative estimate of drug-likeness (QED) is 0.679. The highest BCUT2D eigenvalue weighted by molar-refractivity contribution is 7.92. The topological polar surface area (TPSA) is 46.2 Å². The zero-order chi connectivity index (χ0) is 13.8. The molecule has 0 spiro atoms. The predicted octanol–water partition coefficient (Wildman–Crippen LogP) is 2.42. The average Bonchev–Trinajstić information content (AvgIpc) is 2.28. The Hall–Kier alpha value is -1.68. The number of terminal acetylenes is 1. The summed E-state index contributed by atoms with van der Waals surface area (Å²) in [6, 6.07) is 4.33. The van der Waals surface area contributed by atoms with Crippen LogP contribution in [-0.2, 0) is 9.84 Å². The van der Waals surface area contributed by atoms with Crippen LogP contribution in [0.25, 0.3) is 0 Å². The summed E-state index contributed by atoms with van der Waals surface area (Å²) >= 11 is 0. The van der Waals surface area contributed by atoms with E-state index in [2.05, 4.69) is 11.2 Å². The van der Waals surface area contributed by atoms with E-state index in [0.29, 0.717) is 18.7 Å². The monoisotopic (exact) mass is 277 g/mol. The fourth-order valence-corrected chi connectivity index (χ4v) is 1.93. The van der Waals surface area contributed by atoms with E-state index in [1.165, 1.54) is 12.1 Å². The van der Waals surface area contributed by atoms with Gasteiger partial charge in [-0.2, -0.15) is 13.2 Å². The molecular formula is C11H10F3NO2S. The second kappa shape index (κ2) is 5.31. The number of hydrogen-bond acceptors (Lipinski definition) is 3. The zero-order valence-corrected chi connectivity index (χ0v) is 9.98. The Balaban J connectivity index is 2.88. The zero-order valence-electron chi connectivity index (χ0n) is 9.16. The summed E-state index contributed by atoms with van der Waals surface area (Å²) in [6.45, 7) is 0.460. The molecule has 1 N–H and O–H groups in total. The maximum Gasteiger partial charge on any atom is 0.501 e. The van der Waals surface area contributed by atoms with Crippen molar-refractivity contribution in [3.05, 3.63) is 24.3 Å². The molecule has 0 aliphatic heterocycles. The first-order chi connectivity index (χ1) is 8.29. The van der Waals surface area contributed by atoms with E-state index in [4.69, 9.17) is 6.42 Å². The van der Waals surface area contributed by atoms with E-state index in [9.17, 15) is 21.6 Å². The second-order valence-corrected chi connectivity index (χ2v) is 5.30. The second-order valence-electron chi connectivity index (χ2n) is 3.35. The molecule has 98 valence electrons. The fraction of sp³-hybridized carbons (Fsp3) is 0.273. The molecule has 0 fully saturated rings. The number of halogens is 3. The number of rotatable bonds is 4. The lowest BCUT2D eigenvalue weighted by atomic mass is 10.3. The van der Waals surface area contributed by atoms with Crippen LogP contribution in [0.2, 0.25) is 0 Å². The highest BCUT2D eigenvalue weighted by Crippen LogP contribution is 2.30. The van der Waals surface area contributed by atoms with Crippen molar-refractivity contribution in [3.63, 3.8) is 0 Å². The Bertz CT molecular complexity index is 541. The van der Waals surface area contributed by atoms with Crippen molar-refractivity contribution in [2.45, 2.75) is 16.8 Å². The van der Waals surface area contributed by atoms with Crippen LogP contribution in [0.1, 0.15) is 6.42 Å². The van der Waals surface area contributed by atoms with Crippen LogP contribution < -0.4 is 5.32 Å². The van der Waals surface area contributed by atoms with Crippen molar-refractivity contribution < 1.29 is 21.6 Å². The summed E-state index contributed by atoms with van der Waals surface area (Å²) in [7, 11) is -5.28. The fourth-order valence-electron chi connectivity index (χ4n) is 1.16. The van der Waals surface area contributed by atoms with Gasteiger partial charge in [0.25, 0.3) is 9.84 Å². The molecule has 0 saturated heterocycles. The van der Waals surface area contributed by atoms with Crippen LogP contribution in [0.5, 0.6) is 0 Å². The molecule has 0 aliphatic rings. The van der Waals surface area contributed by atoms with Gasteiger partial charge in [-0.05, 0) is 24.3 Å². The van der Waals surface area contributed by atoms with Gasteiger partial charge in [-0.25, -0.2) is 8.42 Å². The molecule has 0 aromatic heterocycles. The van der Waals surface area contributed by atoms with Gasteiger partial charge in [0.1, 0.15) is 0 Å². The maximum absolute atomic E-state index is 12.2. The van der Waals surface area contributed by atoms with Gasteiger partial charge in [-0.3, -0.25) is 0 Å². The lowest BCUT2D eigenvalue weighted by Crippen LogP contribution is -2.23. The Kier molecular flexibility index (Phi) is 4.24. The first-order valence-corrected chi connectivity index (χ1v) is 6.36. The molecule has 3 nitrogen and oxygen atoms in total. The van der Waals surface area contributed by atoms with E-state index in [1.807, 2.05) is 0 Å². The third kappa shape index (κ3) is 3.17. The standard InChI is InChI=1S/C11H10F3NO2S/c1-2-3-8-15-9-4-6-10(7-5-9)18(16,17)11(12,13)14/h1,4-7,15H,3,8H2. The van der Waals surface area contributed by atoms with Gasteiger partial charge >= 0.3 is 5.51 Å². The lowest BCUT2D eigenvalue weighted by molar-refractivity contribution is -0.0436. The van der Waals surface area contributed by atoms with Gasteiger partial charge in [0.2, 0.25) is 0 Å². The minimum Gasteiger partial charge on any atom is -0.384 e. The number of benzene rings is 1. The molecule has 0 aliphatic carbocycles. The molecule has 1 rings (SSSR count). The minimum absolute atomic E-state index is 0.460. The number of anilines is 1. The van der Waals surface area contributed by atoms with Crippen LogP contribution in [0.15, 0.2) is 29.2 Å². The van der Waals surface area contributed by atoms with Gasteiger partial charge in [0, 0.05) is 18.7 Å². The molecule has 0 radical (unpaired) electrons. The van der Waals surface area contributed by atoms with E-state index in [1.54, 1.807) is 0 Å². The number of hydrogen-bond donors (Lipinski definition) is 1. The van der Waals surface area contributed by atoms with Crippen molar-refractivity contribution in [1.29, 1.82) is 0 Å². The van der Waals surface area contributed by atoms with Crippen LogP contribution in [0, 0.1) is 12.3 Å². The van der Waals surface area contributed by atoms with Crippen molar-refractivity contribution in [2.75, 3.05) is 11.9 Å². The van der Waals surface area contributed by atoms with Gasteiger partial charge < -0.3 is 5.32 Å². The molecule has 0 atom stereocenters. The lowest BCUT2D eigenvalue weighted by Gasteiger charge is -2.09. The van der Waals surface area contributed by atoms with Crippen molar-refractivity contribution >= 4 is 15.5 Å². The molecule has 1 aromatic carbocycles. The Morgan fingerprint density at radius 2 is 1.78 bits per heavy atom. The minimum atomic E-state index is -5.29. The molecule has 0 saturated carbocycles. The normalized spacial score (nSPS) is 11.9. The van der Waals surface area contributed by atoms with Crippen LogP contribution in [-0.4, -0.2) is 20.5 Å². The smallest absolute Gasteiger partial charge is 0.384 e. The largest absolute Gasteiger partial charge is 0.501 e. The van der Waals surface area contributed by atoms with Crippen molar-refractivity contribution in [2.24, 2.45) is 0 Å². The summed E-state index contributed by atoms with van der Waals surface area (Å²) in [5.41, 5.74) is -4.78. The Labute approximate surface area is 103 Å². The number of alkyl halides is 3. The molecule has 0 heterocycles.